The number of rotatable bonds is 4. The van der Waals surface area contributed by atoms with Gasteiger partial charge < -0.3 is 4.42 Å². The minimum Gasteiger partial charge on any atom is -0.423 e. The Morgan fingerprint density at radius 3 is 2.62 bits per heavy atom. The Morgan fingerprint density at radius 2 is 1.81 bits per heavy atom. The number of hydrogen-bond donors (Lipinski definition) is 0. The molecule has 4 rings (SSSR count). The summed E-state index contributed by atoms with van der Waals surface area (Å²) in [5.41, 5.74) is 4.28. The highest BCUT2D eigenvalue weighted by atomic mass is 32.2. The third kappa shape index (κ3) is 3.25. The zero-order chi connectivity index (χ0) is 18.1. The van der Waals surface area contributed by atoms with Gasteiger partial charge in [-0.05, 0) is 53.6 Å². The Balaban J connectivity index is 1.65. The highest BCUT2D eigenvalue weighted by Gasteiger charge is 2.12. The van der Waals surface area contributed by atoms with Crippen molar-refractivity contribution in [1.82, 2.24) is 20.2 Å². The number of fused-ring (bicyclic) bond motifs is 1. The largest absolute Gasteiger partial charge is 0.423 e. The molecule has 2 aromatic heterocycles. The topological polar surface area (TPSA) is 73.8 Å². The van der Waals surface area contributed by atoms with Crippen molar-refractivity contribution in [1.29, 1.82) is 0 Å². The van der Waals surface area contributed by atoms with Crippen LogP contribution in [0.15, 0.2) is 62.9 Å². The molecule has 6 nitrogen and oxygen atoms in total. The molecule has 0 aliphatic rings. The predicted molar refractivity (Wildman–Crippen MR) is 101 cm³/mol. The maximum Gasteiger partial charge on any atom is 0.336 e. The molecule has 130 valence electrons. The summed E-state index contributed by atoms with van der Waals surface area (Å²) in [5, 5.41) is 13.6. The fraction of sp³-hybridized carbons (Fsp3) is 0.158. The second kappa shape index (κ2) is 6.76. The maximum absolute atomic E-state index is 11.9. The minimum atomic E-state index is -0.350. The van der Waals surface area contributed by atoms with E-state index in [9.17, 15) is 4.79 Å². The number of hydrogen-bond acceptors (Lipinski definition) is 6. The molecule has 2 heterocycles. The zero-order valence-corrected chi connectivity index (χ0v) is 15.2. The molecular weight excluding hydrogens is 348 g/mol. The Bertz CT molecular complexity index is 1130. The number of benzene rings is 2. The Morgan fingerprint density at radius 1 is 1.04 bits per heavy atom. The van der Waals surface area contributed by atoms with Gasteiger partial charge in [-0.1, -0.05) is 41.6 Å². The van der Waals surface area contributed by atoms with E-state index < -0.39 is 0 Å². The molecule has 26 heavy (non-hydrogen) atoms. The predicted octanol–water partition coefficient (Wildman–Crippen LogP) is 3.68. The van der Waals surface area contributed by atoms with E-state index in [-0.39, 0.29) is 5.63 Å². The van der Waals surface area contributed by atoms with Crippen LogP contribution in [-0.2, 0) is 5.75 Å². The van der Waals surface area contributed by atoms with E-state index in [2.05, 4.69) is 15.5 Å². The van der Waals surface area contributed by atoms with Crippen molar-refractivity contribution in [2.45, 2.75) is 24.8 Å². The standard InChI is InChI=1S/C19H16N4O2S/c1-12-3-6-15(7-4-12)23-19(20-21-22-23)26-11-14-10-18(24)25-17-9-13(2)5-8-16(14)17/h3-10H,11H2,1-2H3. The number of tetrazole rings is 1. The van der Waals surface area contributed by atoms with Crippen molar-refractivity contribution in [3.8, 4) is 5.69 Å². The van der Waals surface area contributed by atoms with Crippen LogP contribution in [0.2, 0.25) is 0 Å². The number of aromatic nitrogens is 4. The molecule has 0 saturated carbocycles. The fourth-order valence-electron chi connectivity index (χ4n) is 2.72. The van der Waals surface area contributed by atoms with Crippen LogP contribution in [0.25, 0.3) is 16.7 Å². The zero-order valence-electron chi connectivity index (χ0n) is 14.3. The second-order valence-corrected chi connectivity index (χ2v) is 7.03. The molecule has 0 fully saturated rings. The van der Waals surface area contributed by atoms with Crippen LogP contribution < -0.4 is 5.63 Å². The van der Waals surface area contributed by atoms with E-state index in [0.717, 1.165) is 22.2 Å². The summed E-state index contributed by atoms with van der Waals surface area (Å²) in [4.78, 5) is 11.9. The van der Waals surface area contributed by atoms with Gasteiger partial charge in [-0.2, -0.15) is 4.68 Å². The molecule has 0 N–H and O–H groups in total. The molecule has 0 spiro atoms. The van der Waals surface area contributed by atoms with Gasteiger partial charge in [-0.25, -0.2) is 4.79 Å². The van der Waals surface area contributed by atoms with Gasteiger partial charge in [0.1, 0.15) is 5.58 Å². The van der Waals surface area contributed by atoms with E-state index >= 15 is 0 Å². The summed E-state index contributed by atoms with van der Waals surface area (Å²) in [5.74, 6) is 0.567. The molecular formula is C19H16N4O2S. The highest BCUT2D eigenvalue weighted by Crippen LogP contribution is 2.26. The molecule has 7 heteroatoms. The van der Waals surface area contributed by atoms with Crippen LogP contribution in [-0.4, -0.2) is 20.2 Å². The molecule has 2 aromatic carbocycles. The molecule has 0 aliphatic carbocycles. The van der Waals surface area contributed by atoms with Crippen molar-refractivity contribution >= 4 is 22.7 Å². The van der Waals surface area contributed by atoms with Gasteiger partial charge in [0.05, 0.1) is 5.69 Å². The number of aryl methyl sites for hydroxylation is 2. The third-order valence-corrected chi connectivity index (χ3v) is 5.03. The first kappa shape index (κ1) is 16.5. The maximum atomic E-state index is 11.9. The van der Waals surface area contributed by atoms with E-state index in [1.165, 1.54) is 23.4 Å². The minimum absolute atomic E-state index is 0.350. The van der Waals surface area contributed by atoms with Crippen LogP contribution >= 0.6 is 11.8 Å². The van der Waals surface area contributed by atoms with Crippen LogP contribution in [0.4, 0.5) is 0 Å². The van der Waals surface area contributed by atoms with Gasteiger partial charge >= 0.3 is 5.63 Å². The lowest BCUT2D eigenvalue weighted by molar-refractivity contribution is 0.559. The average molecular weight is 364 g/mol. The molecule has 0 radical (unpaired) electrons. The van der Waals surface area contributed by atoms with Crippen LogP contribution in [0.5, 0.6) is 0 Å². The van der Waals surface area contributed by atoms with E-state index in [1.54, 1.807) is 4.68 Å². The SMILES string of the molecule is Cc1ccc(-n2nnnc2SCc2cc(=O)oc3cc(C)ccc23)cc1. The van der Waals surface area contributed by atoms with Crippen LogP contribution in [0.1, 0.15) is 16.7 Å². The molecule has 4 aromatic rings. The van der Waals surface area contributed by atoms with Gasteiger partial charge in [0.25, 0.3) is 0 Å². The fourth-order valence-corrected chi connectivity index (χ4v) is 3.60. The normalized spacial score (nSPS) is 11.2. The summed E-state index contributed by atoms with van der Waals surface area (Å²) in [6.45, 7) is 4.00. The lowest BCUT2D eigenvalue weighted by Gasteiger charge is -2.07. The first-order chi connectivity index (χ1) is 12.6. The monoisotopic (exact) mass is 364 g/mol. The van der Waals surface area contributed by atoms with Crippen molar-refractivity contribution in [2.24, 2.45) is 0 Å². The highest BCUT2D eigenvalue weighted by molar-refractivity contribution is 7.98. The average Bonchev–Trinajstić information content (AvgIpc) is 3.08. The van der Waals surface area contributed by atoms with Gasteiger partial charge in [0, 0.05) is 17.2 Å². The third-order valence-electron chi connectivity index (χ3n) is 4.06. The summed E-state index contributed by atoms with van der Waals surface area (Å²) < 4.78 is 7.01. The van der Waals surface area contributed by atoms with E-state index in [4.69, 9.17) is 4.42 Å². The summed E-state index contributed by atoms with van der Waals surface area (Å²) in [6.07, 6.45) is 0. The Labute approximate surface area is 153 Å². The van der Waals surface area contributed by atoms with Crippen LogP contribution in [0.3, 0.4) is 0 Å². The number of nitrogens with zero attached hydrogens (tertiary/aromatic N) is 4. The molecule has 0 aliphatic heterocycles. The number of thioether (sulfide) groups is 1. The lowest BCUT2D eigenvalue weighted by Crippen LogP contribution is -2.02. The van der Waals surface area contributed by atoms with E-state index in [1.807, 2.05) is 56.3 Å². The van der Waals surface area contributed by atoms with Crippen molar-refractivity contribution in [2.75, 3.05) is 0 Å². The summed E-state index contributed by atoms with van der Waals surface area (Å²) >= 11 is 1.48. The molecule has 0 atom stereocenters. The smallest absolute Gasteiger partial charge is 0.336 e. The Hall–Kier alpha value is -2.93. The molecule has 0 bridgehead atoms. The van der Waals surface area contributed by atoms with Crippen molar-refractivity contribution in [3.63, 3.8) is 0 Å². The van der Waals surface area contributed by atoms with Gasteiger partial charge in [0.2, 0.25) is 5.16 Å². The van der Waals surface area contributed by atoms with Gasteiger partial charge in [-0.3, -0.25) is 0 Å². The molecule has 0 amide bonds. The quantitative estimate of drug-likeness (QED) is 0.406. The Kier molecular flexibility index (Phi) is 4.30. The van der Waals surface area contributed by atoms with E-state index in [0.29, 0.717) is 16.5 Å². The molecule has 0 unspecified atom stereocenters. The van der Waals surface area contributed by atoms with Gasteiger partial charge in [-0.15, -0.1) is 5.10 Å². The first-order valence-corrected chi connectivity index (χ1v) is 9.10. The van der Waals surface area contributed by atoms with Gasteiger partial charge in [0.15, 0.2) is 0 Å². The lowest BCUT2D eigenvalue weighted by atomic mass is 10.1. The second-order valence-electron chi connectivity index (χ2n) is 6.09. The summed E-state index contributed by atoms with van der Waals surface area (Å²) in [7, 11) is 0. The van der Waals surface area contributed by atoms with Crippen LogP contribution in [0, 0.1) is 13.8 Å². The summed E-state index contributed by atoms with van der Waals surface area (Å²) in [6, 6.07) is 15.4. The van der Waals surface area contributed by atoms with Crippen molar-refractivity contribution in [3.05, 3.63) is 75.6 Å². The van der Waals surface area contributed by atoms with Crippen molar-refractivity contribution < 1.29 is 4.42 Å². The first-order valence-electron chi connectivity index (χ1n) is 8.12. The molecule has 0 saturated heterocycles.